The minimum Gasteiger partial charge on any atom is -0.444 e. The van der Waals surface area contributed by atoms with Crippen LogP contribution in [-0.2, 0) is 22.6 Å². The van der Waals surface area contributed by atoms with Crippen LogP contribution in [0.2, 0.25) is 0 Å². The smallest absolute Gasteiger partial charge is 0.412 e. The van der Waals surface area contributed by atoms with Crippen LogP contribution in [-0.4, -0.2) is 52.3 Å². The molecule has 6 heteroatoms. The summed E-state index contributed by atoms with van der Waals surface area (Å²) in [5.41, 5.74) is 2.04. The van der Waals surface area contributed by atoms with Crippen LogP contribution in [0.5, 0.6) is 0 Å². The number of fused-ring (bicyclic) bond motifs is 1. The van der Waals surface area contributed by atoms with Crippen LogP contribution in [0, 0.1) is 0 Å². The van der Waals surface area contributed by atoms with Gasteiger partial charge in [-0.3, -0.25) is 9.69 Å². The highest BCUT2D eigenvalue weighted by molar-refractivity contribution is 5.87. The molecule has 0 radical (unpaired) electrons. The van der Waals surface area contributed by atoms with Crippen LogP contribution in [0.15, 0.2) is 72.8 Å². The van der Waals surface area contributed by atoms with Gasteiger partial charge in [-0.2, -0.15) is 0 Å². The number of benzene rings is 3. The van der Waals surface area contributed by atoms with Crippen molar-refractivity contribution in [1.82, 2.24) is 9.80 Å². The predicted octanol–water partition coefficient (Wildman–Crippen LogP) is 4.35. The number of ether oxygens (including phenoxy) is 1. The van der Waals surface area contributed by atoms with Gasteiger partial charge in [-0.05, 0) is 48.1 Å². The van der Waals surface area contributed by atoms with Crippen LogP contribution in [0.4, 0.5) is 4.79 Å². The highest BCUT2D eigenvalue weighted by Crippen LogP contribution is 2.26. The number of hydrogen-bond acceptors (Lipinski definition) is 4. The average Bonchev–Trinajstić information content (AvgIpc) is 3.25. The third-order valence-electron chi connectivity index (χ3n) is 6.28. The lowest BCUT2D eigenvalue weighted by Gasteiger charge is -2.30. The first kappa shape index (κ1) is 22.8. The van der Waals surface area contributed by atoms with Crippen molar-refractivity contribution in [3.8, 4) is 0 Å². The summed E-state index contributed by atoms with van der Waals surface area (Å²) in [5.74, 6) is -0.147. The van der Waals surface area contributed by atoms with Crippen LogP contribution in [0.3, 0.4) is 0 Å². The van der Waals surface area contributed by atoms with Gasteiger partial charge in [-0.1, -0.05) is 72.8 Å². The molecular formula is C27H30N2O4. The van der Waals surface area contributed by atoms with E-state index < -0.39 is 18.4 Å². The second-order valence-electron chi connectivity index (χ2n) is 8.33. The number of likely N-dealkylation sites (N-methyl/N-ethyl adjacent to an activating group) is 1. The third-order valence-corrected chi connectivity index (χ3v) is 6.28. The van der Waals surface area contributed by atoms with Gasteiger partial charge in [-0.25, -0.2) is 4.79 Å². The number of rotatable bonds is 7. The van der Waals surface area contributed by atoms with Crippen LogP contribution < -0.4 is 0 Å². The van der Waals surface area contributed by atoms with Gasteiger partial charge in [0, 0.05) is 13.1 Å². The zero-order valence-corrected chi connectivity index (χ0v) is 18.9. The van der Waals surface area contributed by atoms with Gasteiger partial charge in [0.15, 0.2) is 0 Å². The molecule has 0 aromatic heterocycles. The Labute approximate surface area is 194 Å². The van der Waals surface area contributed by atoms with Crippen molar-refractivity contribution in [3.05, 3.63) is 83.9 Å². The summed E-state index contributed by atoms with van der Waals surface area (Å²) in [4.78, 5) is 29.1. The SMILES string of the molecule is CCN(CCc1cccc2ccccc12)C(=O)[C@@H]1CCC(O)N1C(=O)OCc1ccccc1. The lowest BCUT2D eigenvalue weighted by Crippen LogP contribution is -2.50. The van der Waals surface area contributed by atoms with Crippen molar-refractivity contribution < 1.29 is 19.4 Å². The monoisotopic (exact) mass is 446 g/mol. The van der Waals surface area contributed by atoms with E-state index in [9.17, 15) is 14.7 Å². The fourth-order valence-electron chi connectivity index (χ4n) is 4.48. The standard InChI is InChI=1S/C27H30N2O4/c1-2-28(18-17-22-13-8-12-21-11-6-7-14-23(21)22)26(31)24-15-16-25(30)29(24)27(32)33-19-20-9-4-3-5-10-20/h3-14,24-25,30H,2,15-19H2,1H3/t24-,25?/m0/s1. The molecule has 2 amide bonds. The van der Waals surface area contributed by atoms with E-state index >= 15 is 0 Å². The molecule has 4 rings (SSSR count). The van der Waals surface area contributed by atoms with Gasteiger partial charge < -0.3 is 14.7 Å². The molecule has 0 bridgehead atoms. The van der Waals surface area contributed by atoms with Crippen molar-refractivity contribution in [2.75, 3.05) is 13.1 Å². The maximum atomic E-state index is 13.4. The molecule has 1 N–H and O–H groups in total. The first-order chi connectivity index (χ1) is 16.1. The second-order valence-corrected chi connectivity index (χ2v) is 8.33. The van der Waals surface area contributed by atoms with Gasteiger partial charge in [-0.15, -0.1) is 0 Å². The van der Waals surface area contributed by atoms with E-state index in [4.69, 9.17) is 4.74 Å². The van der Waals surface area contributed by atoms with Crippen LogP contribution in [0.1, 0.15) is 30.9 Å². The number of hydrogen-bond donors (Lipinski definition) is 1. The minimum atomic E-state index is -1.01. The zero-order chi connectivity index (χ0) is 23.2. The second kappa shape index (κ2) is 10.5. The fourth-order valence-corrected chi connectivity index (χ4v) is 4.48. The molecule has 0 spiro atoms. The normalized spacial score (nSPS) is 17.8. The molecule has 1 fully saturated rings. The lowest BCUT2D eigenvalue weighted by molar-refractivity contribution is -0.137. The summed E-state index contributed by atoms with van der Waals surface area (Å²) >= 11 is 0. The largest absolute Gasteiger partial charge is 0.444 e. The van der Waals surface area contributed by atoms with Gasteiger partial charge in [0.2, 0.25) is 5.91 Å². The van der Waals surface area contributed by atoms with Crippen molar-refractivity contribution >= 4 is 22.8 Å². The van der Waals surface area contributed by atoms with E-state index in [1.54, 1.807) is 4.90 Å². The van der Waals surface area contributed by atoms with Crippen molar-refractivity contribution in [1.29, 1.82) is 0 Å². The summed E-state index contributed by atoms with van der Waals surface area (Å²) in [6, 6.07) is 23.1. The Morgan fingerprint density at radius 2 is 1.73 bits per heavy atom. The highest BCUT2D eigenvalue weighted by atomic mass is 16.6. The Morgan fingerprint density at radius 3 is 2.52 bits per heavy atom. The summed E-state index contributed by atoms with van der Waals surface area (Å²) in [5, 5.41) is 12.8. The summed E-state index contributed by atoms with van der Waals surface area (Å²) in [6.45, 7) is 3.11. The van der Waals surface area contributed by atoms with Crippen molar-refractivity contribution in [3.63, 3.8) is 0 Å². The molecule has 172 valence electrons. The highest BCUT2D eigenvalue weighted by Gasteiger charge is 2.42. The Kier molecular flexibility index (Phi) is 7.25. The molecule has 6 nitrogen and oxygen atoms in total. The van der Waals surface area contributed by atoms with Crippen molar-refractivity contribution in [2.45, 2.75) is 45.1 Å². The molecule has 0 saturated carbocycles. The van der Waals surface area contributed by atoms with E-state index in [2.05, 4.69) is 24.3 Å². The fraction of sp³-hybridized carbons (Fsp3) is 0.333. The molecule has 1 saturated heterocycles. The van der Waals surface area contributed by atoms with Gasteiger partial charge in [0.1, 0.15) is 18.9 Å². The third kappa shape index (κ3) is 5.17. The Hall–Kier alpha value is -3.38. The molecule has 33 heavy (non-hydrogen) atoms. The maximum Gasteiger partial charge on any atom is 0.412 e. The molecular weight excluding hydrogens is 416 g/mol. The number of likely N-dealkylation sites (tertiary alicyclic amines) is 1. The van der Waals surface area contributed by atoms with E-state index in [-0.39, 0.29) is 12.5 Å². The van der Waals surface area contributed by atoms with Crippen molar-refractivity contribution in [2.24, 2.45) is 0 Å². The summed E-state index contributed by atoms with van der Waals surface area (Å²) in [7, 11) is 0. The number of aliphatic hydroxyl groups excluding tert-OH is 1. The van der Waals surface area contributed by atoms with Crippen LogP contribution in [0.25, 0.3) is 10.8 Å². The summed E-state index contributed by atoms with van der Waals surface area (Å²) in [6.07, 6.45) is -0.177. The Bertz CT molecular complexity index is 1100. The topological polar surface area (TPSA) is 70.1 Å². The van der Waals surface area contributed by atoms with Gasteiger partial charge >= 0.3 is 6.09 Å². The average molecular weight is 447 g/mol. The lowest BCUT2D eigenvalue weighted by atomic mass is 10.0. The Morgan fingerprint density at radius 1 is 1.00 bits per heavy atom. The first-order valence-electron chi connectivity index (χ1n) is 11.5. The molecule has 1 aliphatic heterocycles. The number of carbonyl (C=O) groups excluding carboxylic acids is 2. The van der Waals surface area contributed by atoms with Gasteiger partial charge in [0.25, 0.3) is 0 Å². The maximum absolute atomic E-state index is 13.4. The number of nitrogens with zero attached hydrogens (tertiary/aromatic N) is 2. The van der Waals surface area contributed by atoms with E-state index in [1.807, 2.05) is 55.5 Å². The number of aliphatic hydroxyl groups is 1. The molecule has 1 unspecified atom stereocenters. The number of carbonyl (C=O) groups is 2. The minimum absolute atomic E-state index is 0.0996. The zero-order valence-electron chi connectivity index (χ0n) is 18.9. The van der Waals surface area contributed by atoms with Gasteiger partial charge in [0.05, 0.1) is 0 Å². The predicted molar refractivity (Wildman–Crippen MR) is 127 cm³/mol. The molecule has 3 aromatic carbocycles. The molecule has 0 aliphatic carbocycles. The molecule has 2 atom stereocenters. The first-order valence-corrected chi connectivity index (χ1v) is 11.5. The molecule has 3 aromatic rings. The molecule has 1 aliphatic rings. The Balaban J connectivity index is 1.42. The molecule has 1 heterocycles. The van der Waals surface area contributed by atoms with E-state index in [0.29, 0.717) is 32.4 Å². The van der Waals surface area contributed by atoms with E-state index in [0.717, 1.165) is 5.56 Å². The van der Waals surface area contributed by atoms with Crippen LogP contribution >= 0.6 is 0 Å². The quantitative estimate of drug-likeness (QED) is 0.586. The number of amides is 2. The van der Waals surface area contributed by atoms with E-state index in [1.165, 1.54) is 21.2 Å². The summed E-state index contributed by atoms with van der Waals surface area (Å²) < 4.78 is 5.41.